The number of fused-ring (bicyclic) bond motifs is 1. The number of amides is 1. The van der Waals surface area contributed by atoms with Crippen molar-refractivity contribution in [3.8, 4) is 0 Å². The molecule has 3 heterocycles. The zero-order valence-corrected chi connectivity index (χ0v) is 14.5. The highest BCUT2D eigenvalue weighted by Gasteiger charge is 2.43. The number of rotatable bonds is 3. The fourth-order valence-electron chi connectivity index (χ4n) is 4.38. The minimum Gasteiger partial charge on any atom is -0.422 e. The van der Waals surface area contributed by atoms with E-state index in [4.69, 9.17) is 9.15 Å². The minimum atomic E-state index is -0.0982. The van der Waals surface area contributed by atoms with Gasteiger partial charge >= 0.3 is 0 Å². The van der Waals surface area contributed by atoms with Gasteiger partial charge in [0.1, 0.15) is 6.10 Å². The molecule has 5 rings (SSSR count). The number of nitrogens with zero attached hydrogens (tertiary/aromatic N) is 3. The molecule has 1 aromatic heterocycles. The van der Waals surface area contributed by atoms with Gasteiger partial charge in [-0.25, -0.2) is 0 Å². The molecule has 0 unspecified atom stereocenters. The van der Waals surface area contributed by atoms with E-state index in [1.54, 1.807) is 0 Å². The predicted octanol–water partition coefficient (Wildman–Crippen LogP) is 3.13. The number of carbonyl (C=O) groups excluding carboxylic acids is 1. The number of ether oxygens (including phenoxy) is 1. The first kappa shape index (κ1) is 15.6. The first-order valence-corrected chi connectivity index (χ1v) is 9.75. The molecule has 0 N–H and O–H groups in total. The van der Waals surface area contributed by atoms with Crippen LogP contribution in [-0.2, 0) is 9.53 Å². The summed E-state index contributed by atoms with van der Waals surface area (Å²) in [6, 6.07) is 0. The monoisotopic (exact) mass is 343 g/mol. The maximum absolute atomic E-state index is 12.7. The molecule has 4 aliphatic rings. The lowest BCUT2D eigenvalue weighted by Gasteiger charge is -2.35. The second-order valence-electron chi connectivity index (χ2n) is 7.93. The van der Waals surface area contributed by atoms with Crippen molar-refractivity contribution in [1.29, 1.82) is 0 Å². The summed E-state index contributed by atoms with van der Waals surface area (Å²) < 4.78 is 12.1. The van der Waals surface area contributed by atoms with Gasteiger partial charge in [-0.2, -0.15) is 0 Å². The molecule has 6 nitrogen and oxygen atoms in total. The van der Waals surface area contributed by atoms with Gasteiger partial charge in [-0.05, 0) is 57.3 Å². The van der Waals surface area contributed by atoms with Gasteiger partial charge in [0, 0.05) is 24.6 Å². The Balaban J connectivity index is 1.24. The average Bonchev–Trinajstić information content (AvgIpc) is 3.23. The summed E-state index contributed by atoms with van der Waals surface area (Å²) in [5.74, 6) is 2.59. The molecule has 6 heteroatoms. The summed E-state index contributed by atoms with van der Waals surface area (Å²) in [6.07, 6.45) is 10.7. The van der Waals surface area contributed by atoms with Crippen LogP contribution in [0.2, 0.25) is 0 Å². The number of hydrogen-bond acceptors (Lipinski definition) is 5. The van der Waals surface area contributed by atoms with Gasteiger partial charge in [0.25, 0.3) is 0 Å². The fraction of sp³-hybridized carbons (Fsp3) is 0.737. The minimum absolute atomic E-state index is 0.0982. The number of hydrogen-bond donors (Lipinski definition) is 0. The highest BCUT2D eigenvalue weighted by molar-refractivity contribution is 5.93. The Labute approximate surface area is 147 Å². The molecule has 0 bridgehead atoms. The number of likely N-dealkylation sites (tertiary alicyclic amines) is 1. The Morgan fingerprint density at radius 1 is 1.16 bits per heavy atom. The van der Waals surface area contributed by atoms with Crippen LogP contribution in [0.5, 0.6) is 0 Å². The fourth-order valence-corrected chi connectivity index (χ4v) is 4.38. The van der Waals surface area contributed by atoms with E-state index >= 15 is 0 Å². The van der Waals surface area contributed by atoms with Crippen LogP contribution in [0.15, 0.2) is 16.1 Å². The quantitative estimate of drug-likeness (QED) is 0.843. The molecule has 1 saturated carbocycles. The van der Waals surface area contributed by atoms with Gasteiger partial charge in [0.15, 0.2) is 0 Å². The normalized spacial score (nSPS) is 32.4. The van der Waals surface area contributed by atoms with Crippen molar-refractivity contribution in [3.05, 3.63) is 23.4 Å². The van der Waals surface area contributed by atoms with E-state index in [2.05, 4.69) is 16.3 Å². The number of piperidine rings is 1. The van der Waals surface area contributed by atoms with Crippen molar-refractivity contribution in [3.63, 3.8) is 0 Å². The van der Waals surface area contributed by atoms with Crippen molar-refractivity contribution in [2.45, 2.75) is 69.5 Å². The maximum atomic E-state index is 12.7. The Bertz CT molecular complexity index is 694. The molecule has 0 spiro atoms. The van der Waals surface area contributed by atoms with Crippen molar-refractivity contribution in [1.82, 2.24) is 15.1 Å². The van der Waals surface area contributed by atoms with E-state index < -0.39 is 0 Å². The third-order valence-electron chi connectivity index (χ3n) is 6.06. The lowest BCUT2D eigenvalue weighted by molar-refractivity contribution is -0.131. The molecule has 0 aromatic carbocycles. The van der Waals surface area contributed by atoms with Gasteiger partial charge in [-0.15, -0.1) is 10.2 Å². The second kappa shape index (κ2) is 6.24. The zero-order valence-electron chi connectivity index (χ0n) is 14.5. The maximum Gasteiger partial charge on any atom is 0.249 e. The van der Waals surface area contributed by atoms with Gasteiger partial charge < -0.3 is 14.1 Å². The van der Waals surface area contributed by atoms with Crippen LogP contribution >= 0.6 is 0 Å². The lowest BCUT2D eigenvalue weighted by Crippen LogP contribution is -2.46. The molecule has 3 fully saturated rings. The van der Waals surface area contributed by atoms with E-state index in [1.165, 1.54) is 6.42 Å². The van der Waals surface area contributed by atoms with E-state index in [0.29, 0.717) is 24.3 Å². The molecule has 2 aliphatic carbocycles. The van der Waals surface area contributed by atoms with Gasteiger partial charge in [-0.1, -0.05) is 6.08 Å². The van der Waals surface area contributed by atoms with Crippen LogP contribution < -0.4 is 0 Å². The standard InChI is InChI=1S/C19H25N3O3/c23-19(13-4-2-1-3-5-13)22-9-8-14-10-15(24-16(14)11-22)18-21-20-17(25-18)12-6-7-12/h4,12,14-16H,1-3,5-11H2/t14-,15-,16+/m1/s1. The van der Waals surface area contributed by atoms with Gasteiger partial charge in [0.05, 0.1) is 6.10 Å². The molecule has 1 amide bonds. The van der Waals surface area contributed by atoms with Crippen molar-refractivity contribution in [2.24, 2.45) is 5.92 Å². The molecular weight excluding hydrogens is 318 g/mol. The molecule has 25 heavy (non-hydrogen) atoms. The van der Waals surface area contributed by atoms with Crippen LogP contribution in [0.25, 0.3) is 0 Å². The Hall–Kier alpha value is -1.69. The second-order valence-corrected chi connectivity index (χ2v) is 7.93. The Morgan fingerprint density at radius 3 is 2.84 bits per heavy atom. The predicted molar refractivity (Wildman–Crippen MR) is 89.7 cm³/mol. The Kier molecular flexibility index (Phi) is 3.88. The topological polar surface area (TPSA) is 68.5 Å². The summed E-state index contributed by atoms with van der Waals surface area (Å²) in [6.45, 7) is 1.53. The molecule has 3 atom stereocenters. The van der Waals surface area contributed by atoms with Crippen LogP contribution in [-0.4, -0.2) is 40.2 Å². The highest BCUT2D eigenvalue weighted by Crippen LogP contribution is 2.43. The summed E-state index contributed by atoms with van der Waals surface area (Å²) in [5.41, 5.74) is 1.00. The van der Waals surface area contributed by atoms with Gasteiger partial charge in [0.2, 0.25) is 17.7 Å². The van der Waals surface area contributed by atoms with Crippen molar-refractivity contribution >= 4 is 5.91 Å². The molecule has 0 radical (unpaired) electrons. The van der Waals surface area contributed by atoms with E-state index in [0.717, 1.165) is 63.0 Å². The number of allylic oxidation sites excluding steroid dienone is 1. The van der Waals surface area contributed by atoms with Crippen LogP contribution in [0, 0.1) is 5.92 Å². The smallest absolute Gasteiger partial charge is 0.249 e. The largest absolute Gasteiger partial charge is 0.422 e. The molecular formula is C19H25N3O3. The van der Waals surface area contributed by atoms with Crippen LogP contribution in [0.1, 0.15) is 75.2 Å². The lowest BCUT2D eigenvalue weighted by atomic mass is 9.90. The first-order valence-electron chi connectivity index (χ1n) is 9.75. The van der Waals surface area contributed by atoms with Crippen LogP contribution in [0.4, 0.5) is 0 Å². The molecule has 1 aromatic rings. The zero-order chi connectivity index (χ0) is 16.8. The summed E-state index contributed by atoms with van der Waals surface area (Å²) in [4.78, 5) is 14.7. The van der Waals surface area contributed by atoms with Crippen molar-refractivity contribution < 1.29 is 13.9 Å². The first-order chi connectivity index (χ1) is 12.3. The summed E-state index contributed by atoms with van der Waals surface area (Å²) in [5, 5.41) is 8.39. The van der Waals surface area contributed by atoms with Crippen LogP contribution in [0.3, 0.4) is 0 Å². The Morgan fingerprint density at radius 2 is 2.04 bits per heavy atom. The number of carbonyl (C=O) groups is 1. The van der Waals surface area contributed by atoms with Crippen molar-refractivity contribution in [2.75, 3.05) is 13.1 Å². The van der Waals surface area contributed by atoms with E-state index in [1.807, 2.05) is 4.90 Å². The third-order valence-corrected chi connectivity index (χ3v) is 6.06. The van der Waals surface area contributed by atoms with E-state index in [9.17, 15) is 4.79 Å². The van der Waals surface area contributed by atoms with Gasteiger partial charge in [-0.3, -0.25) is 4.79 Å². The highest BCUT2D eigenvalue weighted by atomic mass is 16.5. The third kappa shape index (κ3) is 3.01. The summed E-state index contributed by atoms with van der Waals surface area (Å²) >= 11 is 0. The SMILES string of the molecule is O=C(C1=CCCCC1)N1CC[C@@H]2C[C@H](c3nnc(C4CC4)o3)O[C@H]2C1. The average molecular weight is 343 g/mol. The van der Waals surface area contributed by atoms with E-state index in [-0.39, 0.29) is 18.1 Å². The molecule has 2 aliphatic heterocycles. The summed E-state index contributed by atoms with van der Waals surface area (Å²) in [7, 11) is 0. The molecule has 134 valence electrons. The molecule has 2 saturated heterocycles. The number of aromatic nitrogens is 2.